The van der Waals surface area contributed by atoms with Crippen LogP contribution in [0.25, 0.3) is 0 Å². The van der Waals surface area contributed by atoms with Crippen LogP contribution in [-0.4, -0.2) is 6.10 Å². The van der Waals surface area contributed by atoms with Crippen molar-refractivity contribution in [3.05, 3.63) is 42.5 Å². The second-order valence-electron chi connectivity index (χ2n) is 3.42. The van der Waals surface area contributed by atoms with Gasteiger partial charge in [-0.1, -0.05) is 12.7 Å². The maximum absolute atomic E-state index is 12.2. The SMILES string of the molecule is [CH]=CCC(C)Oc1ccc(C(F)(F)F)cc1. The summed E-state index contributed by atoms with van der Waals surface area (Å²) in [5, 5.41) is 0. The molecule has 0 saturated carbocycles. The first-order valence-electron chi connectivity index (χ1n) is 4.81. The summed E-state index contributed by atoms with van der Waals surface area (Å²) in [6.45, 7) is 7.00. The molecule has 0 fully saturated rings. The van der Waals surface area contributed by atoms with E-state index in [0.717, 1.165) is 12.1 Å². The van der Waals surface area contributed by atoms with Crippen LogP contribution in [0.3, 0.4) is 0 Å². The largest absolute Gasteiger partial charge is 0.490 e. The van der Waals surface area contributed by atoms with Crippen molar-refractivity contribution in [3.8, 4) is 5.75 Å². The second-order valence-corrected chi connectivity index (χ2v) is 3.42. The molecule has 0 amide bonds. The summed E-state index contributed by atoms with van der Waals surface area (Å²) in [7, 11) is 0. The highest BCUT2D eigenvalue weighted by Crippen LogP contribution is 2.30. The van der Waals surface area contributed by atoms with Gasteiger partial charge in [-0.3, -0.25) is 0 Å². The molecule has 0 aromatic heterocycles. The van der Waals surface area contributed by atoms with Crippen molar-refractivity contribution in [2.24, 2.45) is 0 Å². The maximum atomic E-state index is 12.2. The number of rotatable bonds is 4. The van der Waals surface area contributed by atoms with Gasteiger partial charge >= 0.3 is 6.18 Å². The summed E-state index contributed by atoms with van der Waals surface area (Å²) in [6, 6.07) is 4.59. The first-order chi connectivity index (χ1) is 7.43. The second kappa shape index (κ2) is 5.05. The van der Waals surface area contributed by atoms with Gasteiger partial charge in [-0.05, 0) is 31.2 Å². The Bertz CT molecular complexity index is 340. The van der Waals surface area contributed by atoms with E-state index in [1.54, 1.807) is 6.92 Å². The van der Waals surface area contributed by atoms with E-state index < -0.39 is 11.7 Å². The molecule has 0 aliphatic rings. The molecule has 0 saturated heterocycles. The molecule has 87 valence electrons. The van der Waals surface area contributed by atoms with E-state index in [0.29, 0.717) is 12.2 Å². The molecule has 1 aromatic carbocycles. The standard InChI is InChI=1S/C12H12F3O/c1-3-4-9(2)16-11-7-5-10(6-8-11)12(13,14)15/h1,3,5-9H,4H2,2H3. The molecule has 1 nitrogen and oxygen atoms in total. The average molecular weight is 229 g/mol. The van der Waals surface area contributed by atoms with E-state index in [1.165, 1.54) is 18.2 Å². The van der Waals surface area contributed by atoms with Crippen LogP contribution in [0.5, 0.6) is 5.75 Å². The van der Waals surface area contributed by atoms with Gasteiger partial charge in [0.15, 0.2) is 0 Å². The van der Waals surface area contributed by atoms with Gasteiger partial charge in [0.2, 0.25) is 0 Å². The minimum Gasteiger partial charge on any atom is -0.490 e. The molecule has 0 N–H and O–H groups in total. The van der Waals surface area contributed by atoms with Crippen molar-refractivity contribution >= 4 is 0 Å². The van der Waals surface area contributed by atoms with Crippen LogP contribution < -0.4 is 4.74 Å². The normalized spacial score (nSPS) is 13.2. The third-order valence-electron chi connectivity index (χ3n) is 1.99. The lowest BCUT2D eigenvalue weighted by Crippen LogP contribution is -2.10. The van der Waals surface area contributed by atoms with Crippen LogP contribution in [0.2, 0.25) is 0 Å². The fourth-order valence-electron chi connectivity index (χ4n) is 1.19. The monoisotopic (exact) mass is 229 g/mol. The highest BCUT2D eigenvalue weighted by atomic mass is 19.4. The Morgan fingerprint density at radius 3 is 2.31 bits per heavy atom. The molecule has 0 spiro atoms. The fourth-order valence-corrected chi connectivity index (χ4v) is 1.19. The third kappa shape index (κ3) is 3.61. The van der Waals surface area contributed by atoms with Crippen LogP contribution in [0.4, 0.5) is 13.2 Å². The highest BCUT2D eigenvalue weighted by molar-refractivity contribution is 5.29. The Labute approximate surface area is 92.5 Å². The van der Waals surface area contributed by atoms with Crippen molar-refractivity contribution in [1.29, 1.82) is 0 Å². The molecule has 1 unspecified atom stereocenters. The molecule has 1 aromatic rings. The fraction of sp³-hybridized carbons (Fsp3) is 0.333. The Morgan fingerprint density at radius 1 is 1.31 bits per heavy atom. The van der Waals surface area contributed by atoms with Gasteiger partial charge in [-0.15, -0.1) is 0 Å². The lowest BCUT2D eigenvalue weighted by atomic mass is 10.2. The predicted octanol–water partition coefficient (Wildman–Crippen LogP) is 3.85. The zero-order valence-electron chi connectivity index (χ0n) is 8.79. The first kappa shape index (κ1) is 12.6. The van der Waals surface area contributed by atoms with Crippen molar-refractivity contribution in [2.45, 2.75) is 25.6 Å². The van der Waals surface area contributed by atoms with Crippen LogP contribution in [0.15, 0.2) is 30.3 Å². The molecule has 0 aliphatic carbocycles. The van der Waals surface area contributed by atoms with Gasteiger partial charge in [0, 0.05) is 6.42 Å². The van der Waals surface area contributed by atoms with Crippen LogP contribution in [0, 0.1) is 6.58 Å². The Morgan fingerprint density at radius 2 is 1.88 bits per heavy atom. The molecule has 1 radical (unpaired) electrons. The Hall–Kier alpha value is -1.45. The molecule has 4 heteroatoms. The quantitative estimate of drug-likeness (QED) is 0.761. The van der Waals surface area contributed by atoms with Crippen LogP contribution >= 0.6 is 0 Å². The zero-order valence-corrected chi connectivity index (χ0v) is 8.79. The van der Waals surface area contributed by atoms with Gasteiger partial charge < -0.3 is 4.74 Å². The number of benzene rings is 1. The molecule has 0 heterocycles. The van der Waals surface area contributed by atoms with Crippen molar-refractivity contribution in [3.63, 3.8) is 0 Å². The van der Waals surface area contributed by atoms with Gasteiger partial charge in [0.1, 0.15) is 5.75 Å². The molecule has 1 rings (SSSR count). The van der Waals surface area contributed by atoms with E-state index in [9.17, 15) is 13.2 Å². The summed E-state index contributed by atoms with van der Waals surface area (Å²) in [5.74, 6) is 0.405. The number of hydrogen-bond acceptors (Lipinski definition) is 1. The van der Waals surface area contributed by atoms with E-state index in [4.69, 9.17) is 11.3 Å². The van der Waals surface area contributed by atoms with E-state index in [-0.39, 0.29) is 6.10 Å². The predicted molar refractivity (Wildman–Crippen MR) is 55.0 cm³/mol. The molecule has 16 heavy (non-hydrogen) atoms. The van der Waals surface area contributed by atoms with Gasteiger partial charge in [-0.25, -0.2) is 0 Å². The minimum atomic E-state index is -4.31. The number of alkyl halides is 3. The van der Waals surface area contributed by atoms with Crippen LogP contribution in [0.1, 0.15) is 18.9 Å². The zero-order chi connectivity index (χ0) is 12.2. The maximum Gasteiger partial charge on any atom is 0.416 e. The topological polar surface area (TPSA) is 9.23 Å². The summed E-state index contributed by atoms with van der Waals surface area (Å²) in [4.78, 5) is 0. The summed E-state index contributed by atoms with van der Waals surface area (Å²) < 4.78 is 42.1. The van der Waals surface area contributed by atoms with E-state index in [2.05, 4.69) is 0 Å². The van der Waals surface area contributed by atoms with Crippen molar-refractivity contribution in [2.75, 3.05) is 0 Å². The van der Waals surface area contributed by atoms with E-state index >= 15 is 0 Å². The summed E-state index contributed by atoms with van der Waals surface area (Å²) in [5.41, 5.74) is -0.683. The minimum absolute atomic E-state index is 0.151. The Balaban J connectivity index is 2.68. The Kier molecular flexibility index (Phi) is 3.99. The number of halogens is 3. The highest BCUT2D eigenvalue weighted by Gasteiger charge is 2.30. The molecular formula is C12H12F3O. The number of ether oxygens (including phenoxy) is 1. The molecule has 0 aliphatic heterocycles. The van der Waals surface area contributed by atoms with Crippen molar-refractivity contribution < 1.29 is 17.9 Å². The van der Waals surface area contributed by atoms with Crippen molar-refractivity contribution in [1.82, 2.24) is 0 Å². The first-order valence-corrected chi connectivity index (χ1v) is 4.81. The number of hydrogen-bond donors (Lipinski definition) is 0. The summed E-state index contributed by atoms with van der Waals surface area (Å²) in [6.07, 6.45) is -2.47. The lowest BCUT2D eigenvalue weighted by Gasteiger charge is -2.13. The van der Waals surface area contributed by atoms with Crippen LogP contribution in [-0.2, 0) is 6.18 Å². The van der Waals surface area contributed by atoms with Gasteiger partial charge in [0.05, 0.1) is 11.7 Å². The van der Waals surface area contributed by atoms with Gasteiger partial charge in [-0.2, -0.15) is 13.2 Å². The van der Waals surface area contributed by atoms with Gasteiger partial charge in [0.25, 0.3) is 0 Å². The summed E-state index contributed by atoms with van der Waals surface area (Å²) >= 11 is 0. The van der Waals surface area contributed by atoms with E-state index in [1.807, 2.05) is 0 Å². The third-order valence-corrected chi connectivity index (χ3v) is 1.99. The molecular weight excluding hydrogens is 217 g/mol. The smallest absolute Gasteiger partial charge is 0.416 e. The molecule has 1 atom stereocenters. The molecule has 0 bridgehead atoms. The average Bonchev–Trinajstić information content (AvgIpc) is 2.17. The lowest BCUT2D eigenvalue weighted by molar-refractivity contribution is -0.137.